The molecule has 7 fully saturated rings. The summed E-state index contributed by atoms with van der Waals surface area (Å²) in [5.74, 6) is -13.7. The van der Waals surface area contributed by atoms with Crippen molar-refractivity contribution < 1.29 is 83.9 Å². The first-order valence-electron chi connectivity index (χ1n) is 38.5. The molecule has 4 heterocycles. The summed E-state index contributed by atoms with van der Waals surface area (Å²) in [4.78, 5) is 192. The second kappa shape index (κ2) is 37.1. The fraction of sp³-hybridized carbons (Fsp3) is 0.838. The number of unbranched alkanes of at least 4 members (excludes halogenated alkanes) is 2. The zero-order valence-corrected chi connectivity index (χ0v) is 64.5. The maximum atomic E-state index is 15.6. The first-order valence-corrected chi connectivity index (χ1v) is 38.9. The van der Waals surface area contributed by atoms with Gasteiger partial charge in [-0.15, -0.1) is 11.6 Å². The number of nitrogens with one attached hydrogen (secondary N) is 3. The third kappa shape index (κ3) is 20.5. The summed E-state index contributed by atoms with van der Waals surface area (Å²) in [6.45, 7) is 10.6. The average molecular weight is 1520 g/mol. The maximum absolute atomic E-state index is 15.6. The molecule has 12 amide bonds. The van der Waals surface area contributed by atoms with Crippen LogP contribution in [0.25, 0.3) is 0 Å². The van der Waals surface area contributed by atoms with Crippen LogP contribution in [0.1, 0.15) is 208 Å². The predicted molar refractivity (Wildman–Crippen MR) is 380 cm³/mol. The Bertz CT molecular complexity index is 3090. The number of carbonyl (C=O) groups is 12. The highest BCUT2D eigenvalue weighted by Gasteiger charge is 2.53. The minimum atomic E-state index is -4.55. The van der Waals surface area contributed by atoms with Crippen LogP contribution in [0.5, 0.6) is 0 Å². The van der Waals surface area contributed by atoms with E-state index in [2.05, 4.69) is 16.0 Å². The van der Waals surface area contributed by atoms with Gasteiger partial charge in [-0.25, -0.2) is 0 Å². The standard InChI is InChI=1S/C74H117ClF6N12O12/c1-13-16-17-23-53-62(96)83-60(44(4)14-2)69(103)86(8)46(6)64(98)93-39-33-55(93)67(101)88(10)56(41-48-25-29-49(30-26-48)73(76,77)78)66(100)85(7)43-58(94)82-52(32-28-47-27-31-50(51(75)40-47)74(79,80)81)65(99)92-38-22-24-54(92)63(97)84-72(34-18-19-35-72)71(105)90(12)61(45(5)15-3)70(104)89(11)57(42-59(95)87(53)9)68(102)91-36-20-21-37-91/h44-57,60-61H,13-43H2,1-12H3,(H,82,94)(H,83,96)(H,84,97)/t44-,45-,46-,47?,48?,49?,50?,51?,52-,53-,54-,55-,56-,57-,60-,61-/m0/s1. The molecule has 3 N–H and O–H groups in total. The van der Waals surface area contributed by atoms with Crippen LogP contribution in [0.15, 0.2) is 0 Å². The number of amides is 12. The van der Waals surface area contributed by atoms with Gasteiger partial charge in [-0.2, -0.15) is 26.3 Å². The van der Waals surface area contributed by atoms with E-state index in [9.17, 15) is 55.1 Å². The van der Waals surface area contributed by atoms with Gasteiger partial charge < -0.3 is 60.0 Å². The summed E-state index contributed by atoms with van der Waals surface area (Å²) >= 11 is 6.39. The number of likely N-dealkylation sites (N-methyl/N-ethyl adjacent to an activating group) is 6. The lowest BCUT2D eigenvalue weighted by Gasteiger charge is -2.45. The Kier molecular flexibility index (Phi) is 30.3. The smallest absolute Gasteiger partial charge is 0.343 e. The van der Waals surface area contributed by atoms with Gasteiger partial charge in [0.15, 0.2) is 0 Å². The highest BCUT2D eigenvalue weighted by molar-refractivity contribution is 6.21. The average Bonchev–Trinajstić information content (AvgIpc) is 1.75. The highest BCUT2D eigenvalue weighted by atomic mass is 35.5. The molecule has 0 bridgehead atoms. The van der Waals surface area contributed by atoms with Gasteiger partial charge in [-0.05, 0) is 146 Å². The molecule has 14 atom stereocenters. The summed E-state index contributed by atoms with van der Waals surface area (Å²) in [5.41, 5.74) is -1.61. The molecule has 3 unspecified atom stereocenters. The van der Waals surface area contributed by atoms with E-state index in [-0.39, 0.29) is 109 Å². The largest absolute Gasteiger partial charge is 0.393 e. The summed E-state index contributed by atoms with van der Waals surface area (Å²) in [6.07, 6.45) is -4.55. The summed E-state index contributed by atoms with van der Waals surface area (Å²) < 4.78 is 84.2. The zero-order valence-electron chi connectivity index (χ0n) is 63.7. The molecule has 0 aromatic heterocycles. The number of halogens is 7. The summed E-state index contributed by atoms with van der Waals surface area (Å²) in [7, 11) is 8.27. The van der Waals surface area contributed by atoms with Crippen LogP contribution in [0.2, 0.25) is 0 Å². The normalized spacial score (nSPS) is 31.6. The van der Waals surface area contributed by atoms with Crippen molar-refractivity contribution in [2.45, 2.75) is 286 Å². The Morgan fingerprint density at radius 3 is 1.76 bits per heavy atom. The van der Waals surface area contributed by atoms with Crippen LogP contribution in [-0.2, 0) is 57.5 Å². The molecule has 4 aliphatic heterocycles. The molecule has 4 saturated heterocycles. The van der Waals surface area contributed by atoms with Crippen molar-refractivity contribution in [1.82, 2.24) is 60.0 Å². The molecule has 7 aliphatic rings. The first kappa shape index (κ1) is 85.8. The number of carbonyl (C=O) groups excluding carboxylic acids is 12. The van der Waals surface area contributed by atoms with Gasteiger partial charge in [0.2, 0.25) is 70.9 Å². The Morgan fingerprint density at radius 2 is 1.19 bits per heavy atom. The van der Waals surface area contributed by atoms with Crippen LogP contribution in [0.3, 0.4) is 0 Å². The van der Waals surface area contributed by atoms with E-state index in [1.807, 2.05) is 20.8 Å². The monoisotopic (exact) mass is 1510 g/mol. The lowest BCUT2D eigenvalue weighted by atomic mass is 9.78. The third-order valence-corrected chi connectivity index (χ3v) is 25.0. The number of hydrogen-bond acceptors (Lipinski definition) is 12. The van der Waals surface area contributed by atoms with Crippen molar-refractivity contribution in [3.63, 3.8) is 0 Å². The Labute approximate surface area is 620 Å². The van der Waals surface area contributed by atoms with Crippen LogP contribution in [0.4, 0.5) is 26.3 Å². The van der Waals surface area contributed by atoms with E-state index in [4.69, 9.17) is 11.6 Å². The first-order chi connectivity index (χ1) is 49.3. The van der Waals surface area contributed by atoms with Gasteiger partial charge in [0, 0.05) is 73.8 Å². The van der Waals surface area contributed by atoms with Crippen LogP contribution in [0, 0.1) is 35.5 Å². The summed E-state index contributed by atoms with van der Waals surface area (Å²) in [6, 6.07) is -11.7. The maximum Gasteiger partial charge on any atom is 0.393 e. The number of rotatable bonds is 14. The number of nitrogens with zero attached hydrogens (tertiary/aromatic N) is 9. The van der Waals surface area contributed by atoms with Gasteiger partial charge in [0.25, 0.3) is 0 Å². The van der Waals surface area contributed by atoms with Gasteiger partial charge in [-0.3, -0.25) is 57.5 Å². The molecule has 0 aromatic rings. The molecule has 7 rings (SSSR count). The zero-order chi connectivity index (χ0) is 77.9. The van der Waals surface area contributed by atoms with Gasteiger partial charge in [-0.1, -0.05) is 79.6 Å². The number of hydrogen-bond donors (Lipinski definition) is 3. The van der Waals surface area contributed by atoms with E-state index in [0.29, 0.717) is 70.9 Å². The van der Waals surface area contributed by atoms with Gasteiger partial charge in [0.05, 0.1) is 24.8 Å². The van der Waals surface area contributed by atoms with E-state index < -0.39 is 197 Å². The van der Waals surface area contributed by atoms with E-state index >= 15 is 28.8 Å². The van der Waals surface area contributed by atoms with Crippen LogP contribution >= 0.6 is 11.6 Å². The van der Waals surface area contributed by atoms with Crippen molar-refractivity contribution in [2.75, 3.05) is 75.0 Å². The third-order valence-electron chi connectivity index (χ3n) is 24.5. The molecule has 3 aliphatic carbocycles. The van der Waals surface area contributed by atoms with Crippen molar-refractivity contribution in [3.8, 4) is 0 Å². The number of likely N-dealkylation sites (tertiary alicyclic amines) is 1. The molecule has 0 aromatic carbocycles. The molecule has 24 nitrogen and oxygen atoms in total. The molecular formula is C74H117ClF6N12O12. The number of alkyl halides is 7. The predicted octanol–water partition coefficient (Wildman–Crippen LogP) is 7.41. The van der Waals surface area contributed by atoms with Crippen molar-refractivity contribution in [1.29, 1.82) is 0 Å². The Hall–Kier alpha value is -6.49. The molecule has 3 saturated carbocycles. The lowest BCUT2D eigenvalue weighted by molar-refractivity contribution is -0.184. The molecule has 0 radical (unpaired) electrons. The molecule has 594 valence electrons. The molecule has 105 heavy (non-hydrogen) atoms. The van der Waals surface area contributed by atoms with E-state index in [1.165, 1.54) is 78.6 Å². The van der Waals surface area contributed by atoms with E-state index in [0.717, 1.165) is 16.2 Å². The minimum Gasteiger partial charge on any atom is -0.343 e. The molecule has 1 spiro atoms. The Balaban J connectivity index is 1.29. The SMILES string of the molecule is CCCCC[C@H]1C(=O)N[C@@H]([C@@H](C)CC)C(=O)N(C)[C@@H](C)C(=O)N2CC[C@H]2C(=O)N(C)[C@@H](CC2CCC(C(F)(F)F)CC2)C(=O)N(C)CC(=O)N[C@@H](CCC2CCC(C(F)(F)F)C(Cl)C2)C(=O)N2CCC[C@H]2C(=O)NC2(CCCC2)C(=O)N(C)[C@@H]([C@@H](C)CC)C(=O)N(C)[C@H](C(=O)N2CCCC2)CC(=O)N1C. The summed E-state index contributed by atoms with van der Waals surface area (Å²) in [5, 5.41) is 7.43. The lowest BCUT2D eigenvalue weighted by Crippen LogP contribution is -2.65. The number of fused-ring (bicyclic) bond motifs is 2. The van der Waals surface area contributed by atoms with Crippen LogP contribution < -0.4 is 16.0 Å². The topological polar surface area (TPSA) is 270 Å². The molecular weight excluding hydrogens is 1400 g/mol. The van der Waals surface area contributed by atoms with Crippen molar-refractivity contribution >= 4 is 82.5 Å². The second-order valence-electron chi connectivity index (χ2n) is 31.5. The quantitative estimate of drug-likeness (QED) is 0.0872. The van der Waals surface area contributed by atoms with Crippen molar-refractivity contribution in [2.24, 2.45) is 35.5 Å². The highest BCUT2D eigenvalue weighted by Crippen LogP contribution is 2.45. The van der Waals surface area contributed by atoms with Crippen LogP contribution in [-0.4, -0.2) is 268 Å². The van der Waals surface area contributed by atoms with Gasteiger partial charge >= 0.3 is 12.4 Å². The van der Waals surface area contributed by atoms with Gasteiger partial charge in [0.1, 0.15) is 59.9 Å². The fourth-order valence-electron chi connectivity index (χ4n) is 16.9. The Morgan fingerprint density at radius 1 is 0.571 bits per heavy atom. The van der Waals surface area contributed by atoms with Crippen molar-refractivity contribution in [3.05, 3.63) is 0 Å². The fourth-order valence-corrected chi connectivity index (χ4v) is 17.4. The second-order valence-corrected chi connectivity index (χ2v) is 32.0. The van der Waals surface area contributed by atoms with E-state index in [1.54, 1.807) is 18.7 Å². The molecule has 31 heteroatoms. The minimum absolute atomic E-state index is 0.00556.